The molecule has 0 bridgehead atoms. The third-order valence-corrected chi connectivity index (χ3v) is 6.48. The second-order valence-electron chi connectivity index (χ2n) is 8.94. The highest BCUT2D eigenvalue weighted by Gasteiger charge is 2.22. The second kappa shape index (κ2) is 11.0. The molecule has 8 heteroatoms. The molecule has 3 heterocycles. The highest BCUT2D eigenvalue weighted by Crippen LogP contribution is 2.35. The molecule has 5 rings (SSSR count). The Bertz CT molecular complexity index is 1250. The Hall–Kier alpha value is -3.65. The summed E-state index contributed by atoms with van der Waals surface area (Å²) in [5.41, 5.74) is 3.70. The first kappa shape index (κ1) is 24.1. The van der Waals surface area contributed by atoms with Crippen molar-refractivity contribution in [1.29, 1.82) is 0 Å². The number of oxazole rings is 1. The minimum absolute atomic E-state index is 0.324. The van der Waals surface area contributed by atoms with Gasteiger partial charge >= 0.3 is 0 Å². The fourth-order valence-corrected chi connectivity index (χ4v) is 4.76. The van der Waals surface area contributed by atoms with Crippen molar-refractivity contribution in [2.24, 2.45) is 0 Å². The molecule has 4 aromatic rings. The van der Waals surface area contributed by atoms with Crippen LogP contribution in [0.5, 0.6) is 17.2 Å². The van der Waals surface area contributed by atoms with Gasteiger partial charge in [-0.25, -0.2) is 0 Å². The molecule has 1 saturated heterocycles. The quantitative estimate of drug-likeness (QED) is 0.315. The Morgan fingerprint density at radius 3 is 2.33 bits per heavy atom. The van der Waals surface area contributed by atoms with E-state index in [4.69, 9.17) is 18.6 Å². The molecule has 0 atom stereocenters. The van der Waals surface area contributed by atoms with Gasteiger partial charge in [0, 0.05) is 44.1 Å². The number of piperidine rings is 1. The van der Waals surface area contributed by atoms with E-state index < -0.39 is 0 Å². The molecule has 1 fully saturated rings. The molecule has 190 valence electrons. The second-order valence-corrected chi connectivity index (χ2v) is 8.94. The fraction of sp³-hybridized carbons (Fsp3) is 0.393. The molecule has 36 heavy (non-hydrogen) atoms. The third-order valence-electron chi connectivity index (χ3n) is 6.48. The van der Waals surface area contributed by atoms with Crippen molar-refractivity contribution in [2.45, 2.75) is 39.3 Å². The van der Waals surface area contributed by atoms with Gasteiger partial charge in [-0.15, -0.1) is 0 Å². The smallest absolute Gasteiger partial charge is 0.295 e. The summed E-state index contributed by atoms with van der Waals surface area (Å²) in [7, 11) is 1.65. The molecule has 2 aromatic carbocycles. The summed E-state index contributed by atoms with van der Waals surface area (Å²) >= 11 is 0. The average molecular weight is 491 g/mol. The van der Waals surface area contributed by atoms with E-state index in [1.807, 2.05) is 56.6 Å². The van der Waals surface area contributed by atoms with E-state index in [1.165, 1.54) is 5.56 Å². The number of anilines is 1. The lowest BCUT2D eigenvalue weighted by Gasteiger charge is -2.32. The molecule has 0 saturated carbocycles. The molecule has 2 aromatic heterocycles. The summed E-state index contributed by atoms with van der Waals surface area (Å²) in [6.07, 6.45) is 6.07. The van der Waals surface area contributed by atoms with Gasteiger partial charge in [0.25, 0.3) is 6.01 Å². The lowest BCUT2D eigenvalue weighted by molar-refractivity contribution is 0.209. The van der Waals surface area contributed by atoms with Crippen LogP contribution in [0, 0.1) is 0 Å². The summed E-state index contributed by atoms with van der Waals surface area (Å²) in [6.45, 7) is 8.04. The summed E-state index contributed by atoms with van der Waals surface area (Å²) < 4.78 is 25.3. The van der Waals surface area contributed by atoms with Crippen molar-refractivity contribution in [3.8, 4) is 22.9 Å². The Labute approximate surface area is 211 Å². The maximum absolute atomic E-state index is 6.05. The number of hydrogen-bond acceptors (Lipinski definition) is 7. The molecule has 0 amide bonds. The number of rotatable bonds is 10. The fourth-order valence-electron chi connectivity index (χ4n) is 4.76. The number of aromatic nitrogens is 2. The van der Waals surface area contributed by atoms with Crippen molar-refractivity contribution in [2.75, 3.05) is 38.7 Å². The van der Waals surface area contributed by atoms with Gasteiger partial charge in [0.2, 0.25) is 0 Å². The molecule has 0 unspecified atom stereocenters. The first-order chi connectivity index (χ1) is 17.7. The third kappa shape index (κ3) is 5.28. The van der Waals surface area contributed by atoms with Crippen LogP contribution in [0.4, 0.5) is 6.01 Å². The van der Waals surface area contributed by atoms with E-state index >= 15 is 0 Å². The summed E-state index contributed by atoms with van der Waals surface area (Å²) in [6, 6.07) is 14.9. The minimum atomic E-state index is 0.324. The molecule has 1 aliphatic heterocycles. The van der Waals surface area contributed by atoms with Crippen molar-refractivity contribution in [1.82, 2.24) is 14.5 Å². The van der Waals surface area contributed by atoms with Crippen molar-refractivity contribution >= 4 is 17.1 Å². The Balaban J connectivity index is 1.25. The Kier molecular flexibility index (Phi) is 7.32. The molecular formula is C28H34N4O4. The van der Waals surface area contributed by atoms with Crippen LogP contribution >= 0.6 is 0 Å². The lowest BCUT2D eigenvalue weighted by Crippen LogP contribution is -2.38. The van der Waals surface area contributed by atoms with Crippen molar-refractivity contribution in [3.63, 3.8) is 0 Å². The summed E-state index contributed by atoms with van der Waals surface area (Å²) in [5, 5.41) is 3.48. The average Bonchev–Trinajstić information content (AvgIpc) is 3.55. The van der Waals surface area contributed by atoms with E-state index in [-0.39, 0.29) is 0 Å². The number of fused-ring (bicyclic) bond motifs is 1. The van der Waals surface area contributed by atoms with Gasteiger partial charge in [0.15, 0.2) is 5.58 Å². The summed E-state index contributed by atoms with van der Waals surface area (Å²) in [4.78, 5) is 7.06. The first-order valence-electron chi connectivity index (χ1n) is 12.7. The van der Waals surface area contributed by atoms with Gasteiger partial charge in [-0.2, -0.15) is 4.98 Å². The number of nitrogens with zero attached hydrogens (tertiary/aromatic N) is 3. The highest BCUT2D eigenvalue weighted by molar-refractivity contribution is 5.76. The van der Waals surface area contributed by atoms with E-state index in [2.05, 4.69) is 31.9 Å². The number of hydrogen-bond donors (Lipinski definition) is 1. The molecule has 8 nitrogen and oxygen atoms in total. The zero-order valence-corrected chi connectivity index (χ0v) is 21.2. The number of methoxy groups -OCH3 is 1. The van der Waals surface area contributed by atoms with Crippen molar-refractivity contribution in [3.05, 3.63) is 60.4 Å². The van der Waals surface area contributed by atoms with Crippen LogP contribution in [0.1, 0.15) is 32.3 Å². The highest BCUT2D eigenvalue weighted by atomic mass is 16.5. The van der Waals surface area contributed by atoms with E-state index in [0.717, 1.165) is 66.5 Å². The Morgan fingerprint density at radius 2 is 1.69 bits per heavy atom. The summed E-state index contributed by atoms with van der Waals surface area (Å²) in [5.74, 6) is 2.47. The van der Waals surface area contributed by atoms with Gasteiger partial charge in [-0.1, -0.05) is 0 Å². The van der Waals surface area contributed by atoms with Gasteiger partial charge in [0.05, 0.1) is 20.3 Å². The normalized spacial score (nSPS) is 14.8. The molecule has 0 spiro atoms. The predicted octanol–water partition coefficient (Wildman–Crippen LogP) is 5.50. The maximum atomic E-state index is 6.05. The zero-order valence-electron chi connectivity index (χ0n) is 21.2. The zero-order chi connectivity index (χ0) is 24.9. The van der Waals surface area contributed by atoms with E-state index in [1.54, 1.807) is 7.11 Å². The number of likely N-dealkylation sites (tertiary alicyclic amines) is 1. The van der Waals surface area contributed by atoms with Crippen molar-refractivity contribution < 1.29 is 18.6 Å². The van der Waals surface area contributed by atoms with Crippen LogP contribution in [0.3, 0.4) is 0 Å². The predicted molar refractivity (Wildman–Crippen MR) is 141 cm³/mol. The Morgan fingerprint density at radius 1 is 1.00 bits per heavy atom. The van der Waals surface area contributed by atoms with Gasteiger partial charge in [-0.3, -0.25) is 4.90 Å². The van der Waals surface area contributed by atoms with E-state index in [9.17, 15) is 0 Å². The maximum Gasteiger partial charge on any atom is 0.295 e. The SMILES string of the molecule is CCOc1cc(CN2CCC(Nc3nc4cc(OC)ccc4o3)CC2)cc(OCC)c1-n1cccc1. The number of benzene rings is 2. The van der Waals surface area contributed by atoms with Gasteiger partial charge < -0.3 is 28.5 Å². The van der Waals surface area contributed by atoms with E-state index in [0.29, 0.717) is 25.3 Å². The van der Waals surface area contributed by atoms with Crippen LogP contribution in [0.15, 0.2) is 59.3 Å². The molecule has 1 N–H and O–H groups in total. The van der Waals surface area contributed by atoms with Crippen LogP contribution in [-0.2, 0) is 6.54 Å². The van der Waals surface area contributed by atoms with Crippen LogP contribution in [0.25, 0.3) is 16.8 Å². The molecule has 0 radical (unpaired) electrons. The minimum Gasteiger partial charge on any atom is -0.497 e. The molecule has 1 aliphatic rings. The van der Waals surface area contributed by atoms with Gasteiger partial charge in [0.1, 0.15) is 28.5 Å². The van der Waals surface area contributed by atoms with Crippen LogP contribution in [0.2, 0.25) is 0 Å². The number of nitrogens with one attached hydrogen (secondary N) is 1. The topological polar surface area (TPSA) is 73.9 Å². The lowest BCUT2D eigenvalue weighted by atomic mass is 10.0. The van der Waals surface area contributed by atoms with Crippen LogP contribution in [-0.4, -0.2) is 53.9 Å². The number of ether oxygens (including phenoxy) is 3. The molecule has 0 aliphatic carbocycles. The molecular weight excluding hydrogens is 456 g/mol. The monoisotopic (exact) mass is 490 g/mol. The first-order valence-corrected chi connectivity index (χ1v) is 12.7. The van der Waals surface area contributed by atoms with Gasteiger partial charge in [-0.05, 0) is 68.7 Å². The largest absolute Gasteiger partial charge is 0.497 e. The van der Waals surface area contributed by atoms with Crippen LogP contribution < -0.4 is 19.5 Å². The standard InChI is InChI=1S/C28H34N4O4/c1-4-34-25-16-20(17-26(35-5-2)27(25)32-12-6-7-13-32)19-31-14-10-21(11-15-31)29-28-30-23-18-22(33-3)8-9-24(23)36-28/h6-9,12-13,16-18,21H,4-5,10-11,14-15,19H2,1-3H3,(H,29,30).